The van der Waals surface area contributed by atoms with Crippen molar-refractivity contribution in [2.75, 3.05) is 27.4 Å². The fraction of sp³-hybridized carbons (Fsp3) is 0.318. The molecule has 0 saturated heterocycles. The summed E-state index contributed by atoms with van der Waals surface area (Å²) in [4.78, 5) is 5.91. The highest BCUT2D eigenvalue weighted by molar-refractivity contribution is 7.89. The first-order valence-electron chi connectivity index (χ1n) is 9.90. The molecular formula is C22H24N2O5S2. The summed E-state index contributed by atoms with van der Waals surface area (Å²) >= 11 is 1.53. The molecule has 0 atom stereocenters. The van der Waals surface area contributed by atoms with E-state index in [9.17, 15) is 8.42 Å². The number of hydrogen-bond acceptors (Lipinski definition) is 7. The fourth-order valence-electron chi connectivity index (χ4n) is 3.49. The molecule has 2 heterocycles. The first kappa shape index (κ1) is 21.6. The molecule has 0 unspecified atom stereocenters. The van der Waals surface area contributed by atoms with Crippen molar-refractivity contribution in [2.24, 2.45) is 0 Å². The highest BCUT2D eigenvalue weighted by Crippen LogP contribution is 2.35. The molecule has 0 amide bonds. The molecule has 2 aromatic carbocycles. The number of rotatable bonds is 7. The van der Waals surface area contributed by atoms with Gasteiger partial charge in [-0.25, -0.2) is 13.4 Å². The van der Waals surface area contributed by atoms with E-state index in [1.54, 1.807) is 12.1 Å². The lowest BCUT2D eigenvalue weighted by molar-refractivity contribution is 0.340. The molecule has 164 valence electrons. The van der Waals surface area contributed by atoms with E-state index in [4.69, 9.17) is 19.2 Å². The van der Waals surface area contributed by atoms with E-state index in [1.807, 2.05) is 31.2 Å². The topological polar surface area (TPSA) is 78.0 Å². The van der Waals surface area contributed by atoms with E-state index in [-0.39, 0.29) is 4.90 Å². The van der Waals surface area contributed by atoms with Gasteiger partial charge < -0.3 is 14.2 Å². The zero-order chi connectivity index (χ0) is 22.0. The minimum atomic E-state index is -3.67. The predicted octanol–water partition coefficient (Wildman–Crippen LogP) is 3.97. The number of sulfonamides is 1. The predicted molar refractivity (Wildman–Crippen MR) is 120 cm³/mol. The zero-order valence-electron chi connectivity index (χ0n) is 17.6. The third-order valence-corrected chi connectivity index (χ3v) is 8.07. The van der Waals surface area contributed by atoms with Crippen LogP contribution in [0.2, 0.25) is 0 Å². The Bertz CT molecular complexity index is 1170. The summed E-state index contributed by atoms with van der Waals surface area (Å²) in [6.45, 7) is 3.26. The van der Waals surface area contributed by atoms with Gasteiger partial charge in [-0.3, -0.25) is 0 Å². The van der Waals surface area contributed by atoms with Crippen LogP contribution < -0.4 is 14.2 Å². The van der Waals surface area contributed by atoms with Crippen molar-refractivity contribution in [3.8, 4) is 27.8 Å². The van der Waals surface area contributed by atoms with Crippen molar-refractivity contribution in [1.29, 1.82) is 0 Å². The molecular weight excluding hydrogens is 436 g/mol. The second kappa shape index (κ2) is 8.86. The molecule has 0 fully saturated rings. The van der Waals surface area contributed by atoms with Gasteiger partial charge in [0.25, 0.3) is 0 Å². The SMILES string of the molecule is CCOc1ccc(-c2nc3c(s2)CN(S(=O)(=O)c2ccc(OC)c(OC)c2)CC3)cc1. The molecule has 0 spiro atoms. The molecule has 0 saturated carbocycles. The average molecular weight is 461 g/mol. The van der Waals surface area contributed by atoms with Gasteiger partial charge in [0.1, 0.15) is 10.8 Å². The zero-order valence-corrected chi connectivity index (χ0v) is 19.3. The Morgan fingerprint density at radius 1 is 1.06 bits per heavy atom. The Morgan fingerprint density at radius 3 is 2.48 bits per heavy atom. The van der Waals surface area contributed by atoms with Crippen LogP contribution in [0.15, 0.2) is 47.4 Å². The first-order chi connectivity index (χ1) is 15.0. The van der Waals surface area contributed by atoms with E-state index in [2.05, 4.69) is 0 Å². The van der Waals surface area contributed by atoms with Crippen molar-refractivity contribution >= 4 is 21.4 Å². The van der Waals surface area contributed by atoms with Gasteiger partial charge in [0.2, 0.25) is 10.0 Å². The van der Waals surface area contributed by atoms with Crippen molar-refractivity contribution in [1.82, 2.24) is 9.29 Å². The average Bonchev–Trinajstić information content (AvgIpc) is 3.22. The quantitative estimate of drug-likeness (QED) is 0.531. The van der Waals surface area contributed by atoms with Gasteiger partial charge >= 0.3 is 0 Å². The number of methoxy groups -OCH3 is 2. The summed E-state index contributed by atoms with van der Waals surface area (Å²) in [5.74, 6) is 1.70. The van der Waals surface area contributed by atoms with Crippen LogP contribution in [0, 0.1) is 0 Å². The normalized spacial score (nSPS) is 14.2. The van der Waals surface area contributed by atoms with Gasteiger partial charge in [0.15, 0.2) is 11.5 Å². The van der Waals surface area contributed by atoms with Gasteiger partial charge in [-0.2, -0.15) is 4.31 Å². The number of ether oxygens (including phenoxy) is 3. The molecule has 1 aromatic heterocycles. The van der Waals surface area contributed by atoms with E-state index in [0.29, 0.717) is 37.6 Å². The molecule has 0 N–H and O–H groups in total. The highest BCUT2D eigenvalue weighted by Gasteiger charge is 2.31. The van der Waals surface area contributed by atoms with Crippen LogP contribution in [0.1, 0.15) is 17.5 Å². The van der Waals surface area contributed by atoms with E-state index in [0.717, 1.165) is 26.9 Å². The first-order valence-corrected chi connectivity index (χ1v) is 12.2. The summed E-state index contributed by atoms with van der Waals surface area (Å²) in [7, 11) is -0.664. The lowest BCUT2D eigenvalue weighted by Crippen LogP contribution is -2.35. The van der Waals surface area contributed by atoms with Gasteiger partial charge in [0, 0.05) is 29.5 Å². The Hall–Kier alpha value is -2.62. The van der Waals surface area contributed by atoms with Crippen molar-refractivity contribution in [2.45, 2.75) is 24.8 Å². The number of hydrogen-bond donors (Lipinski definition) is 0. The molecule has 0 bridgehead atoms. The third-order valence-electron chi connectivity index (χ3n) is 5.10. The Morgan fingerprint density at radius 2 is 1.81 bits per heavy atom. The van der Waals surface area contributed by atoms with Crippen LogP contribution in [0.3, 0.4) is 0 Å². The Labute approximate surface area is 186 Å². The maximum absolute atomic E-state index is 13.2. The minimum absolute atomic E-state index is 0.185. The number of fused-ring (bicyclic) bond motifs is 1. The highest BCUT2D eigenvalue weighted by atomic mass is 32.2. The molecule has 7 nitrogen and oxygen atoms in total. The van der Waals surface area contributed by atoms with E-state index in [1.165, 1.54) is 35.9 Å². The number of nitrogens with zero attached hydrogens (tertiary/aromatic N) is 2. The lowest BCUT2D eigenvalue weighted by atomic mass is 10.2. The van der Waals surface area contributed by atoms with Gasteiger partial charge in [0.05, 0.1) is 38.0 Å². The second-order valence-corrected chi connectivity index (χ2v) is 9.97. The van der Waals surface area contributed by atoms with Crippen LogP contribution in [-0.4, -0.2) is 45.1 Å². The fourth-order valence-corrected chi connectivity index (χ4v) is 6.12. The lowest BCUT2D eigenvalue weighted by Gasteiger charge is -2.25. The molecule has 0 aliphatic carbocycles. The third kappa shape index (κ3) is 4.26. The summed E-state index contributed by atoms with van der Waals surface area (Å²) in [6.07, 6.45) is 0.579. The molecule has 9 heteroatoms. The van der Waals surface area contributed by atoms with Crippen molar-refractivity contribution in [3.63, 3.8) is 0 Å². The Kier molecular flexibility index (Phi) is 6.17. The summed E-state index contributed by atoms with van der Waals surface area (Å²) < 4.78 is 44.0. The molecule has 31 heavy (non-hydrogen) atoms. The Balaban J connectivity index is 1.57. The maximum atomic E-state index is 13.2. The molecule has 3 aromatic rings. The summed E-state index contributed by atoms with van der Waals surface area (Å²) in [5, 5.41) is 0.887. The monoisotopic (exact) mass is 460 g/mol. The molecule has 4 rings (SSSR count). The standard InChI is InChI=1S/C22H24N2O5S2/c1-4-29-16-7-5-15(6-8-16)22-23-18-11-12-24(14-21(18)30-22)31(25,26)17-9-10-19(27-2)20(13-17)28-3/h5-10,13H,4,11-12,14H2,1-3H3. The van der Waals surface area contributed by atoms with Crippen LogP contribution in [0.5, 0.6) is 17.2 Å². The van der Waals surface area contributed by atoms with Gasteiger partial charge in [-0.1, -0.05) is 0 Å². The van der Waals surface area contributed by atoms with Crippen LogP contribution in [-0.2, 0) is 23.0 Å². The van der Waals surface area contributed by atoms with Crippen LogP contribution in [0.25, 0.3) is 10.6 Å². The minimum Gasteiger partial charge on any atom is -0.494 e. The van der Waals surface area contributed by atoms with Crippen LogP contribution >= 0.6 is 11.3 Å². The van der Waals surface area contributed by atoms with E-state index < -0.39 is 10.0 Å². The summed E-state index contributed by atoms with van der Waals surface area (Å²) in [5.41, 5.74) is 1.96. The molecule has 0 radical (unpaired) electrons. The number of benzene rings is 2. The largest absolute Gasteiger partial charge is 0.494 e. The second-order valence-electron chi connectivity index (χ2n) is 6.95. The van der Waals surface area contributed by atoms with Crippen molar-refractivity contribution in [3.05, 3.63) is 53.0 Å². The maximum Gasteiger partial charge on any atom is 0.243 e. The molecule has 1 aliphatic rings. The molecule has 1 aliphatic heterocycles. The summed E-state index contributed by atoms with van der Waals surface area (Å²) in [6, 6.07) is 12.5. The number of aromatic nitrogens is 1. The van der Waals surface area contributed by atoms with Gasteiger partial charge in [-0.05, 0) is 43.3 Å². The van der Waals surface area contributed by atoms with Gasteiger partial charge in [-0.15, -0.1) is 11.3 Å². The van der Waals surface area contributed by atoms with E-state index >= 15 is 0 Å². The number of thiazole rings is 1. The smallest absolute Gasteiger partial charge is 0.243 e. The van der Waals surface area contributed by atoms with Crippen LogP contribution in [0.4, 0.5) is 0 Å². The van der Waals surface area contributed by atoms with Crippen molar-refractivity contribution < 1.29 is 22.6 Å².